The minimum absolute atomic E-state index is 0. The number of hydrogen-bond acceptors (Lipinski definition) is 4. The monoisotopic (exact) mass is 368 g/mol. The fraction of sp³-hybridized carbons (Fsp3) is 0.278. The second-order valence-corrected chi connectivity index (χ2v) is 5.12. The van der Waals surface area contributed by atoms with Gasteiger partial charge in [-0.25, -0.2) is 4.39 Å². The number of ether oxygens (including phenoxy) is 2. The highest BCUT2D eigenvalue weighted by Gasteiger charge is 2.03. The molecule has 2 rings (SSSR count). The lowest BCUT2D eigenvalue weighted by Crippen LogP contribution is -2.13. The summed E-state index contributed by atoms with van der Waals surface area (Å²) in [6.07, 6.45) is 0.862. The van der Waals surface area contributed by atoms with Crippen molar-refractivity contribution in [3.63, 3.8) is 0 Å². The van der Waals surface area contributed by atoms with Gasteiger partial charge in [-0.2, -0.15) is 0 Å². The average molecular weight is 369 g/mol. The van der Waals surface area contributed by atoms with Crippen LogP contribution < -0.4 is 20.5 Å². The Kier molecular flexibility index (Phi) is 9.36. The second kappa shape index (κ2) is 11.3. The van der Waals surface area contributed by atoms with Crippen LogP contribution in [0.5, 0.6) is 11.5 Å². The van der Waals surface area contributed by atoms with Crippen molar-refractivity contribution in [1.82, 2.24) is 0 Å². The van der Waals surface area contributed by atoms with E-state index in [2.05, 4.69) is 5.32 Å². The molecule has 0 atom stereocenters. The molecule has 0 heterocycles. The Balaban J connectivity index is 0.00000312. The van der Waals surface area contributed by atoms with E-state index in [0.717, 1.165) is 0 Å². The summed E-state index contributed by atoms with van der Waals surface area (Å²) in [6.45, 7) is 1.26. The number of halogens is 2. The van der Waals surface area contributed by atoms with Crippen molar-refractivity contribution >= 4 is 24.0 Å². The van der Waals surface area contributed by atoms with Gasteiger partial charge in [0.05, 0.1) is 6.61 Å². The van der Waals surface area contributed by atoms with Crippen LogP contribution in [0.25, 0.3) is 0 Å². The van der Waals surface area contributed by atoms with Crippen molar-refractivity contribution < 1.29 is 18.7 Å². The molecule has 0 saturated carbocycles. The zero-order chi connectivity index (χ0) is 17.2. The van der Waals surface area contributed by atoms with E-state index in [1.807, 2.05) is 0 Å². The molecule has 0 radical (unpaired) electrons. The van der Waals surface area contributed by atoms with Gasteiger partial charge in [0.15, 0.2) is 0 Å². The maximum Gasteiger partial charge on any atom is 0.224 e. The van der Waals surface area contributed by atoms with Gasteiger partial charge in [-0.1, -0.05) is 6.07 Å². The first-order valence-corrected chi connectivity index (χ1v) is 7.78. The van der Waals surface area contributed by atoms with E-state index < -0.39 is 0 Å². The third-order valence-corrected chi connectivity index (χ3v) is 3.14. The molecule has 0 aromatic heterocycles. The zero-order valence-electron chi connectivity index (χ0n) is 13.7. The smallest absolute Gasteiger partial charge is 0.224 e. The van der Waals surface area contributed by atoms with Crippen LogP contribution in [-0.4, -0.2) is 25.7 Å². The first-order chi connectivity index (χ1) is 11.7. The highest BCUT2D eigenvalue weighted by molar-refractivity contribution is 5.90. The van der Waals surface area contributed by atoms with Crippen LogP contribution in [0, 0.1) is 5.82 Å². The van der Waals surface area contributed by atoms with Crippen LogP contribution in [0.1, 0.15) is 12.8 Å². The molecular weight excluding hydrogens is 347 g/mol. The summed E-state index contributed by atoms with van der Waals surface area (Å²) >= 11 is 0. The molecule has 0 aliphatic heterocycles. The fourth-order valence-corrected chi connectivity index (χ4v) is 2.01. The summed E-state index contributed by atoms with van der Waals surface area (Å²) in [5.74, 6) is 0.725. The number of hydrogen-bond donors (Lipinski definition) is 2. The zero-order valence-corrected chi connectivity index (χ0v) is 14.6. The molecule has 0 bridgehead atoms. The third-order valence-electron chi connectivity index (χ3n) is 3.14. The number of amides is 1. The Bertz CT molecular complexity index is 653. The molecule has 3 N–H and O–H groups in total. The largest absolute Gasteiger partial charge is 0.493 e. The highest BCUT2D eigenvalue weighted by atomic mass is 35.5. The number of carbonyl (C=O) groups excluding carboxylic acids is 1. The highest BCUT2D eigenvalue weighted by Crippen LogP contribution is 2.16. The van der Waals surface area contributed by atoms with E-state index in [1.54, 1.807) is 36.4 Å². The van der Waals surface area contributed by atoms with E-state index in [-0.39, 0.29) is 24.1 Å². The van der Waals surface area contributed by atoms with Gasteiger partial charge in [0, 0.05) is 24.7 Å². The standard InChI is InChI=1S/C18H21FN2O3.ClH/c19-14-3-1-4-17(13-14)23-11-2-5-18(22)21-15-6-8-16(9-7-15)24-12-10-20;/h1,3-4,6-9,13H,2,5,10-12,20H2,(H,21,22);1H. The van der Waals surface area contributed by atoms with Crippen molar-refractivity contribution in [3.05, 3.63) is 54.3 Å². The molecule has 25 heavy (non-hydrogen) atoms. The first kappa shape index (κ1) is 20.7. The normalized spacial score (nSPS) is 9.84. The van der Waals surface area contributed by atoms with Gasteiger partial charge < -0.3 is 20.5 Å². The minimum Gasteiger partial charge on any atom is -0.493 e. The molecule has 0 aliphatic rings. The molecule has 2 aromatic carbocycles. The van der Waals surface area contributed by atoms with E-state index >= 15 is 0 Å². The Morgan fingerprint density at radius 3 is 2.44 bits per heavy atom. The quantitative estimate of drug-likeness (QED) is 0.665. The van der Waals surface area contributed by atoms with Gasteiger partial charge in [0.25, 0.3) is 0 Å². The van der Waals surface area contributed by atoms with Crippen molar-refractivity contribution in [2.45, 2.75) is 12.8 Å². The van der Waals surface area contributed by atoms with E-state index in [4.69, 9.17) is 15.2 Å². The first-order valence-electron chi connectivity index (χ1n) is 7.78. The SMILES string of the molecule is Cl.NCCOc1ccc(NC(=O)CCCOc2cccc(F)c2)cc1. The molecule has 0 spiro atoms. The number of rotatable bonds is 9. The molecule has 7 heteroatoms. The molecule has 0 saturated heterocycles. The van der Waals surface area contributed by atoms with Crippen molar-refractivity contribution in [2.75, 3.05) is 25.1 Å². The van der Waals surface area contributed by atoms with Gasteiger partial charge in [-0.15, -0.1) is 12.4 Å². The maximum absolute atomic E-state index is 13.0. The molecular formula is C18H22ClFN2O3. The maximum atomic E-state index is 13.0. The fourth-order valence-electron chi connectivity index (χ4n) is 2.01. The summed E-state index contributed by atoms with van der Waals surface area (Å²) < 4.78 is 23.7. The van der Waals surface area contributed by atoms with Crippen LogP contribution in [-0.2, 0) is 4.79 Å². The Morgan fingerprint density at radius 2 is 1.76 bits per heavy atom. The molecule has 1 amide bonds. The van der Waals surface area contributed by atoms with Crippen molar-refractivity contribution in [2.24, 2.45) is 5.73 Å². The van der Waals surface area contributed by atoms with Crippen molar-refractivity contribution in [1.29, 1.82) is 0 Å². The Morgan fingerprint density at radius 1 is 1.04 bits per heavy atom. The molecule has 0 unspecified atom stereocenters. The van der Waals surface area contributed by atoms with Crippen LogP contribution in [0.3, 0.4) is 0 Å². The topological polar surface area (TPSA) is 73.6 Å². The number of carbonyl (C=O) groups is 1. The summed E-state index contributed by atoms with van der Waals surface area (Å²) in [4.78, 5) is 11.9. The number of anilines is 1. The van der Waals surface area contributed by atoms with Gasteiger partial charge in [0.2, 0.25) is 5.91 Å². The van der Waals surface area contributed by atoms with Gasteiger partial charge in [-0.05, 0) is 42.8 Å². The predicted octanol–water partition coefficient (Wildman–Crippen LogP) is 3.38. The van der Waals surface area contributed by atoms with Crippen LogP contribution in [0.4, 0.5) is 10.1 Å². The van der Waals surface area contributed by atoms with E-state index in [1.165, 1.54) is 12.1 Å². The number of benzene rings is 2. The summed E-state index contributed by atoms with van der Waals surface area (Å²) in [7, 11) is 0. The lowest BCUT2D eigenvalue weighted by molar-refractivity contribution is -0.116. The summed E-state index contributed by atoms with van der Waals surface area (Å²) in [6, 6.07) is 13.0. The average Bonchev–Trinajstić information content (AvgIpc) is 2.58. The van der Waals surface area contributed by atoms with Gasteiger partial charge >= 0.3 is 0 Å². The second-order valence-electron chi connectivity index (χ2n) is 5.12. The van der Waals surface area contributed by atoms with Gasteiger partial charge in [0.1, 0.15) is 23.9 Å². The van der Waals surface area contributed by atoms with E-state index in [9.17, 15) is 9.18 Å². The van der Waals surface area contributed by atoms with Crippen LogP contribution in [0.2, 0.25) is 0 Å². The number of nitrogens with two attached hydrogens (primary N) is 1. The predicted molar refractivity (Wildman–Crippen MR) is 98.0 cm³/mol. The van der Waals surface area contributed by atoms with Crippen LogP contribution >= 0.6 is 12.4 Å². The summed E-state index contributed by atoms with van der Waals surface area (Å²) in [5.41, 5.74) is 6.06. The van der Waals surface area contributed by atoms with Crippen LogP contribution in [0.15, 0.2) is 48.5 Å². The molecule has 0 aliphatic carbocycles. The third kappa shape index (κ3) is 7.87. The molecule has 136 valence electrons. The summed E-state index contributed by atoms with van der Waals surface area (Å²) in [5, 5.41) is 2.80. The lowest BCUT2D eigenvalue weighted by atomic mass is 10.2. The van der Waals surface area contributed by atoms with E-state index in [0.29, 0.717) is 49.8 Å². The molecule has 0 fully saturated rings. The molecule has 2 aromatic rings. The molecule has 5 nitrogen and oxygen atoms in total. The lowest BCUT2D eigenvalue weighted by Gasteiger charge is -2.08. The minimum atomic E-state index is -0.343. The van der Waals surface area contributed by atoms with Gasteiger partial charge in [-0.3, -0.25) is 4.79 Å². The Labute approximate surface area is 152 Å². The number of nitrogens with one attached hydrogen (secondary N) is 1. The Hall–Kier alpha value is -2.31. The van der Waals surface area contributed by atoms with Crippen molar-refractivity contribution in [3.8, 4) is 11.5 Å².